The van der Waals surface area contributed by atoms with E-state index in [4.69, 9.17) is 4.74 Å². The normalized spacial score (nSPS) is 29.8. The van der Waals surface area contributed by atoms with Crippen LogP contribution in [0.15, 0.2) is 6.20 Å². The third-order valence-electron chi connectivity index (χ3n) is 5.63. The number of nitrogens with one attached hydrogen (secondary N) is 1. The van der Waals surface area contributed by atoms with Crippen molar-refractivity contribution in [3.63, 3.8) is 0 Å². The lowest BCUT2D eigenvalue weighted by Gasteiger charge is -2.28. The number of nitriles is 1. The molecule has 0 spiro atoms. The van der Waals surface area contributed by atoms with Crippen LogP contribution in [0.2, 0.25) is 0 Å². The fourth-order valence-corrected chi connectivity index (χ4v) is 3.98. The van der Waals surface area contributed by atoms with Gasteiger partial charge in [0.2, 0.25) is 5.95 Å². The number of nitrogens with zero attached hydrogens (tertiary/aromatic N) is 3. The molecular weight excluding hydrogens is 316 g/mol. The van der Waals surface area contributed by atoms with E-state index in [9.17, 15) is 10.4 Å². The van der Waals surface area contributed by atoms with Crippen LogP contribution >= 0.6 is 0 Å². The first kappa shape index (κ1) is 18.1. The van der Waals surface area contributed by atoms with E-state index in [1.807, 2.05) is 0 Å². The molecule has 1 heterocycles. The number of methoxy groups -OCH3 is 1. The Morgan fingerprint density at radius 2 is 1.92 bits per heavy atom. The van der Waals surface area contributed by atoms with Crippen LogP contribution < -0.4 is 5.32 Å². The Morgan fingerprint density at radius 1 is 1.20 bits per heavy atom. The average molecular weight is 344 g/mol. The van der Waals surface area contributed by atoms with Crippen molar-refractivity contribution in [1.82, 2.24) is 9.97 Å². The Bertz CT molecular complexity index is 600. The predicted octanol–water partition coefficient (Wildman–Crippen LogP) is 2.81. The number of aromatic nitrogens is 2. The third-order valence-corrected chi connectivity index (χ3v) is 5.63. The van der Waals surface area contributed by atoms with Crippen molar-refractivity contribution in [3.8, 4) is 6.07 Å². The quantitative estimate of drug-likeness (QED) is 0.853. The molecule has 0 aromatic carbocycles. The van der Waals surface area contributed by atoms with Gasteiger partial charge in [0.05, 0.1) is 29.7 Å². The van der Waals surface area contributed by atoms with E-state index in [0.717, 1.165) is 63.5 Å². The largest absolute Gasteiger partial charge is 0.393 e. The Kier molecular flexibility index (Phi) is 6.22. The highest BCUT2D eigenvalue weighted by Gasteiger charge is 2.23. The van der Waals surface area contributed by atoms with Gasteiger partial charge in [0.1, 0.15) is 6.07 Å². The molecule has 2 saturated carbocycles. The summed E-state index contributed by atoms with van der Waals surface area (Å²) in [7, 11) is 1.78. The molecule has 0 bridgehead atoms. The van der Waals surface area contributed by atoms with E-state index >= 15 is 0 Å². The van der Waals surface area contributed by atoms with Crippen molar-refractivity contribution in [2.24, 2.45) is 5.92 Å². The molecule has 0 saturated heterocycles. The molecule has 25 heavy (non-hydrogen) atoms. The van der Waals surface area contributed by atoms with Crippen molar-refractivity contribution in [1.29, 1.82) is 5.26 Å². The molecule has 136 valence electrons. The second-order valence-electron chi connectivity index (χ2n) is 7.40. The summed E-state index contributed by atoms with van der Waals surface area (Å²) in [5.74, 6) is 1.13. The van der Waals surface area contributed by atoms with Crippen LogP contribution in [0, 0.1) is 17.2 Å². The Balaban J connectivity index is 1.62. The van der Waals surface area contributed by atoms with Gasteiger partial charge < -0.3 is 15.2 Å². The van der Waals surface area contributed by atoms with Crippen LogP contribution in [0.25, 0.3) is 0 Å². The van der Waals surface area contributed by atoms with Crippen molar-refractivity contribution >= 4 is 5.95 Å². The highest BCUT2D eigenvalue weighted by Crippen LogP contribution is 2.28. The number of ether oxygens (including phenoxy) is 1. The van der Waals surface area contributed by atoms with Crippen LogP contribution in [-0.2, 0) is 11.2 Å². The first-order valence-corrected chi connectivity index (χ1v) is 9.41. The maximum atomic E-state index is 9.66. The van der Waals surface area contributed by atoms with Crippen LogP contribution in [0.5, 0.6) is 0 Å². The molecule has 0 radical (unpaired) electrons. The summed E-state index contributed by atoms with van der Waals surface area (Å²) in [6, 6.07) is 2.59. The Hall–Kier alpha value is -1.71. The third kappa shape index (κ3) is 4.90. The molecule has 2 aliphatic rings. The number of anilines is 1. The molecule has 2 fully saturated rings. The standard InChI is InChI=1S/C19H28N4O2/c1-25-17-8-4-15(5-9-17)22-19-21-12-14(11-20)18(23-19)10-13-2-6-16(24)7-3-13/h12-13,15-17,24H,2-10H2,1H3,(H,21,22,23). The molecule has 0 amide bonds. The Labute approximate surface area is 149 Å². The maximum Gasteiger partial charge on any atom is 0.223 e. The van der Waals surface area contributed by atoms with E-state index in [1.165, 1.54) is 0 Å². The van der Waals surface area contributed by atoms with E-state index < -0.39 is 0 Å². The zero-order valence-electron chi connectivity index (χ0n) is 14.9. The number of rotatable bonds is 5. The number of aliphatic hydroxyl groups excluding tert-OH is 1. The second-order valence-corrected chi connectivity index (χ2v) is 7.40. The fraction of sp³-hybridized carbons (Fsp3) is 0.737. The van der Waals surface area contributed by atoms with Gasteiger partial charge in [-0.05, 0) is 63.7 Å². The van der Waals surface area contributed by atoms with Crippen molar-refractivity contribution in [2.45, 2.75) is 76.0 Å². The molecule has 6 heteroatoms. The lowest BCUT2D eigenvalue weighted by Crippen LogP contribution is -2.30. The molecule has 6 nitrogen and oxygen atoms in total. The van der Waals surface area contributed by atoms with Crippen LogP contribution in [0.3, 0.4) is 0 Å². The van der Waals surface area contributed by atoms with Gasteiger partial charge in [0, 0.05) is 13.2 Å². The monoisotopic (exact) mass is 344 g/mol. The molecule has 0 unspecified atom stereocenters. The number of hydrogen-bond donors (Lipinski definition) is 2. The summed E-state index contributed by atoms with van der Waals surface area (Å²) in [5.41, 5.74) is 1.41. The summed E-state index contributed by atoms with van der Waals surface area (Å²) in [6.45, 7) is 0. The minimum Gasteiger partial charge on any atom is -0.393 e. The second kappa shape index (κ2) is 8.59. The average Bonchev–Trinajstić information content (AvgIpc) is 2.64. The van der Waals surface area contributed by atoms with Crippen molar-refractivity contribution in [3.05, 3.63) is 17.5 Å². The minimum absolute atomic E-state index is 0.156. The fourth-order valence-electron chi connectivity index (χ4n) is 3.98. The molecule has 1 aromatic rings. The van der Waals surface area contributed by atoms with Gasteiger partial charge in [0.15, 0.2) is 0 Å². The summed E-state index contributed by atoms with van der Waals surface area (Å²) < 4.78 is 5.42. The van der Waals surface area contributed by atoms with Gasteiger partial charge in [-0.3, -0.25) is 0 Å². The zero-order chi connectivity index (χ0) is 17.6. The summed E-state index contributed by atoms with van der Waals surface area (Å²) in [6.07, 6.45) is 10.6. The highest BCUT2D eigenvalue weighted by molar-refractivity contribution is 5.37. The highest BCUT2D eigenvalue weighted by atomic mass is 16.5. The smallest absolute Gasteiger partial charge is 0.223 e. The minimum atomic E-state index is -0.156. The molecular formula is C19H28N4O2. The number of aliphatic hydroxyl groups is 1. The summed E-state index contributed by atoms with van der Waals surface area (Å²) in [5, 5.41) is 22.4. The van der Waals surface area contributed by atoms with Gasteiger partial charge in [-0.15, -0.1) is 0 Å². The lowest BCUT2D eigenvalue weighted by molar-refractivity contribution is 0.0681. The van der Waals surface area contributed by atoms with E-state index in [-0.39, 0.29) is 6.10 Å². The van der Waals surface area contributed by atoms with Gasteiger partial charge in [-0.2, -0.15) is 5.26 Å². The topological polar surface area (TPSA) is 91.1 Å². The van der Waals surface area contributed by atoms with Crippen LogP contribution in [-0.4, -0.2) is 40.4 Å². The summed E-state index contributed by atoms with van der Waals surface area (Å²) >= 11 is 0. The van der Waals surface area contributed by atoms with Crippen LogP contribution in [0.1, 0.15) is 62.6 Å². The van der Waals surface area contributed by atoms with Gasteiger partial charge in [0.25, 0.3) is 0 Å². The maximum absolute atomic E-state index is 9.66. The first-order valence-electron chi connectivity index (χ1n) is 9.41. The zero-order valence-corrected chi connectivity index (χ0v) is 14.9. The van der Waals surface area contributed by atoms with Gasteiger partial charge in [-0.1, -0.05) is 0 Å². The van der Waals surface area contributed by atoms with E-state index in [2.05, 4.69) is 21.4 Å². The van der Waals surface area contributed by atoms with E-state index in [1.54, 1.807) is 13.3 Å². The Morgan fingerprint density at radius 3 is 2.56 bits per heavy atom. The van der Waals surface area contributed by atoms with E-state index in [0.29, 0.717) is 29.6 Å². The van der Waals surface area contributed by atoms with Crippen molar-refractivity contribution < 1.29 is 9.84 Å². The predicted molar refractivity (Wildman–Crippen MR) is 95.1 cm³/mol. The molecule has 2 aliphatic carbocycles. The van der Waals surface area contributed by atoms with Gasteiger partial charge in [-0.25, -0.2) is 9.97 Å². The molecule has 2 N–H and O–H groups in total. The first-order chi connectivity index (χ1) is 12.2. The summed E-state index contributed by atoms with van der Waals surface area (Å²) in [4.78, 5) is 8.98. The molecule has 3 rings (SSSR count). The molecule has 0 atom stereocenters. The SMILES string of the molecule is COC1CCC(Nc2ncc(C#N)c(CC3CCC(O)CC3)n2)CC1. The van der Waals surface area contributed by atoms with Crippen molar-refractivity contribution in [2.75, 3.05) is 12.4 Å². The number of hydrogen-bond acceptors (Lipinski definition) is 6. The van der Waals surface area contributed by atoms with Crippen LogP contribution in [0.4, 0.5) is 5.95 Å². The van der Waals surface area contributed by atoms with Gasteiger partial charge >= 0.3 is 0 Å². The lowest BCUT2D eigenvalue weighted by atomic mass is 9.84. The molecule has 0 aliphatic heterocycles. The molecule has 1 aromatic heterocycles.